The van der Waals surface area contributed by atoms with Gasteiger partial charge in [0.15, 0.2) is 0 Å². The molecule has 0 saturated heterocycles. The van der Waals surface area contributed by atoms with E-state index in [4.69, 9.17) is 4.99 Å². The van der Waals surface area contributed by atoms with Crippen molar-refractivity contribution in [1.82, 2.24) is 0 Å². The second kappa shape index (κ2) is 13.7. The fourth-order valence-electron chi connectivity index (χ4n) is 2.57. The average molecular weight is 427 g/mol. The van der Waals surface area contributed by atoms with Gasteiger partial charge in [-0.15, -0.1) is 0 Å². The average Bonchev–Trinajstić information content (AvgIpc) is 2.64. The summed E-state index contributed by atoms with van der Waals surface area (Å²) >= 11 is 0. The van der Waals surface area contributed by atoms with Gasteiger partial charge >= 0.3 is 0 Å². The minimum Gasteiger partial charge on any atom is -0.255 e. The Morgan fingerprint density at radius 1 is 0.760 bits per heavy atom. The SMILES string of the molecule is CCCCCCCCC(C=Nc1ccccc1)=Nc1ccccc1.[Pd]. The molecule has 136 valence electrons. The summed E-state index contributed by atoms with van der Waals surface area (Å²) in [6.45, 7) is 2.25. The molecule has 2 nitrogen and oxygen atoms in total. The van der Waals surface area contributed by atoms with Gasteiger partial charge in [0.2, 0.25) is 0 Å². The van der Waals surface area contributed by atoms with Crippen molar-refractivity contribution in [3.8, 4) is 0 Å². The number of nitrogens with zero attached hydrogens (tertiary/aromatic N) is 2. The summed E-state index contributed by atoms with van der Waals surface area (Å²) in [5, 5.41) is 0. The van der Waals surface area contributed by atoms with Crippen LogP contribution in [0.1, 0.15) is 51.9 Å². The van der Waals surface area contributed by atoms with Crippen molar-refractivity contribution in [2.24, 2.45) is 9.98 Å². The molecule has 0 saturated carbocycles. The summed E-state index contributed by atoms with van der Waals surface area (Å²) in [6, 6.07) is 20.2. The Morgan fingerprint density at radius 2 is 1.32 bits per heavy atom. The maximum Gasteiger partial charge on any atom is 0.0633 e. The molecule has 0 N–H and O–H groups in total. The van der Waals surface area contributed by atoms with Crippen molar-refractivity contribution in [2.45, 2.75) is 51.9 Å². The van der Waals surface area contributed by atoms with Crippen LogP contribution in [0.2, 0.25) is 0 Å². The normalized spacial score (nSPS) is 11.5. The minimum atomic E-state index is 0. The topological polar surface area (TPSA) is 24.7 Å². The van der Waals surface area contributed by atoms with E-state index >= 15 is 0 Å². The molecule has 0 aromatic heterocycles. The zero-order valence-electron chi connectivity index (χ0n) is 15.0. The van der Waals surface area contributed by atoms with Crippen LogP contribution in [0, 0.1) is 0 Å². The van der Waals surface area contributed by atoms with E-state index in [0.29, 0.717) is 0 Å². The first-order valence-electron chi connectivity index (χ1n) is 9.10. The molecular weight excluding hydrogens is 399 g/mol. The van der Waals surface area contributed by atoms with Gasteiger partial charge in [-0.3, -0.25) is 9.98 Å². The van der Waals surface area contributed by atoms with Crippen LogP contribution >= 0.6 is 0 Å². The third-order valence-electron chi connectivity index (χ3n) is 3.93. The Hall–Kier alpha value is -1.56. The van der Waals surface area contributed by atoms with Gasteiger partial charge in [0.05, 0.1) is 17.1 Å². The maximum absolute atomic E-state index is 4.77. The van der Waals surface area contributed by atoms with E-state index in [1.165, 1.54) is 38.5 Å². The first-order valence-corrected chi connectivity index (χ1v) is 9.10. The standard InChI is InChI=1S/C22H28N2.Pd/c1-2-3-4-5-6-9-18-22(24-21-16-12-8-13-17-21)19-23-20-14-10-7-11-15-20;/h7-8,10-17,19H,2-6,9,18H2,1H3;. The molecule has 2 aromatic carbocycles. The molecule has 0 unspecified atom stereocenters. The predicted octanol–water partition coefficient (Wildman–Crippen LogP) is 6.91. The number of benzene rings is 2. The van der Waals surface area contributed by atoms with Crippen LogP contribution in [0.25, 0.3) is 0 Å². The van der Waals surface area contributed by atoms with Crippen molar-refractivity contribution in [3.05, 3.63) is 60.7 Å². The molecule has 0 aliphatic heterocycles. The first-order chi connectivity index (χ1) is 11.9. The summed E-state index contributed by atoms with van der Waals surface area (Å²) in [7, 11) is 0. The molecule has 2 rings (SSSR count). The Bertz CT molecular complexity index is 621. The van der Waals surface area contributed by atoms with Gasteiger partial charge in [-0.25, -0.2) is 0 Å². The van der Waals surface area contributed by atoms with Crippen LogP contribution < -0.4 is 0 Å². The molecule has 0 spiro atoms. The van der Waals surface area contributed by atoms with Gasteiger partial charge < -0.3 is 0 Å². The first kappa shape index (κ1) is 21.5. The van der Waals surface area contributed by atoms with Gasteiger partial charge in [0.1, 0.15) is 0 Å². The number of hydrogen-bond donors (Lipinski definition) is 0. The van der Waals surface area contributed by atoms with Gasteiger partial charge in [-0.2, -0.15) is 0 Å². The summed E-state index contributed by atoms with van der Waals surface area (Å²) in [5.74, 6) is 0. The maximum atomic E-state index is 4.77. The molecule has 0 bridgehead atoms. The minimum absolute atomic E-state index is 0. The van der Waals surface area contributed by atoms with Crippen molar-refractivity contribution in [3.63, 3.8) is 0 Å². The zero-order chi connectivity index (χ0) is 16.9. The van der Waals surface area contributed by atoms with E-state index in [1.807, 2.05) is 66.9 Å². The second-order valence-corrected chi connectivity index (χ2v) is 6.05. The number of unbranched alkanes of at least 4 members (excludes halogenated alkanes) is 5. The van der Waals surface area contributed by atoms with Gasteiger partial charge in [0, 0.05) is 26.6 Å². The number of aliphatic imine (C=N–C) groups is 2. The van der Waals surface area contributed by atoms with Crippen LogP contribution in [0.3, 0.4) is 0 Å². The van der Waals surface area contributed by atoms with Crippen LogP contribution in [-0.4, -0.2) is 11.9 Å². The van der Waals surface area contributed by atoms with Crippen molar-refractivity contribution in [2.75, 3.05) is 0 Å². The second-order valence-electron chi connectivity index (χ2n) is 6.05. The summed E-state index contributed by atoms with van der Waals surface area (Å²) < 4.78 is 0. The van der Waals surface area contributed by atoms with E-state index in [-0.39, 0.29) is 20.4 Å². The van der Waals surface area contributed by atoms with Crippen LogP contribution in [0.4, 0.5) is 11.4 Å². The molecule has 25 heavy (non-hydrogen) atoms. The molecular formula is C22H28N2Pd. The van der Waals surface area contributed by atoms with Crippen LogP contribution in [0.5, 0.6) is 0 Å². The summed E-state index contributed by atoms with van der Waals surface area (Å²) in [4.78, 5) is 9.35. The summed E-state index contributed by atoms with van der Waals surface area (Å²) in [5.41, 5.74) is 3.03. The molecule has 3 heteroatoms. The third-order valence-corrected chi connectivity index (χ3v) is 3.93. The van der Waals surface area contributed by atoms with Crippen LogP contribution in [0.15, 0.2) is 70.6 Å². The fraction of sp³-hybridized carbons (Fsp3) is 0.364. The Morgan fingerprint density at radius 3 is 1.96 bits per heavy atom. The Balaban J connectivity index is 0.00000312. The number of rotatable bonds is 10. The molecule has 0 amide bonds. The smallest absolute Gasteiger partial charge is 0.0633 e. The van der Waals surface area contributed by atoms with Crippen molar-refractivity contribution in [1.29, 1.82) is 0 Å². The third kappa shape index (κ3) is 9.49. The van der Waals surface area contributed by atoms with Crippen molar-refractivity contribution >= 4 is 23.3 Å². The molecule has 0 aliphatic rings. The number of para-hydroxylation sites is 2. The Labute approximate surface area is 166 Å². The molecule has 0 heterocycles. The van der Waals surface area contributed by atoms with Crippen molar-refractivity contribution < 1.29 is 20.4 Å². The van der Waals surface area contributed by atoms with E-state index in [0.717, 1.165) is 23.5 Å². The summed E-state index contributed by atoms with van der Waals surface area (Å²) in [6.07, 6.45) is 10.7. The molecule has 2 aromatic rings. The number of hydrogen-bond acceptors (Lipinski definition) is 2. The van der Waals surface area contributed by atoms with E-state index < -0.39 is 0 Å². The van der Waals surface area contributed by atoms with Gasteiger partial charge in [-0.1, -0.05) is 75.4 Å². The largest absolute Gasteiger partial charge is 0.255 e. The zero-order valence-corrected chi connectivity index (χ0v) is 16.6. The monoisotopic (exact) mass is 426 g/mol. The predicted molar refractivity (Wildman–Crippen MR) is 106 cm³/mol. The van der Waals surface area contributed by atoms with E-state index in [2.05, 4.69) is 11.9 Å². The molecule has 0 radical (unpaired) electrons. The Kier molecular flexibility index (Phi) is 11.8. The van der Waals surface area contributed by atoms with E-state index in [9.17, 15) is 0 Å². The van der Waals surface area contributed by atoms with Crippen LogP contribution in [-0.2, 0) is 20.4 Å². The van der Waals surface area contributed by atoms with E-state index in [1.54, 1.807) is 0 Å². The molecule has 0 atom stereocenters. The fourth-order valence-corrected chi connectivity index (χ4v) is 2.57. The molecule has 0 fully saturated rings. The quantitative estimate of drug-likeness (QED) is 0.224. The van der Waals surface area contributed by atoms with Gasteiger partial charge in [-0.05, 0) is 37.1 Å². The molecule has 0 aliphatic carbocycles. The van der Waals surface area contributed by atoms with Gasteiger partial charge in [0.25, 0.3) is 0 Å².